The van der Waals surface area contributed by atoms with E-state index in [1.165, 1.54) is 44.2 Å². The van der Waals surface area contributed by atoms with Gasteiger partial charge in [-0.15, -0.1) is 0 Å². The first-order valence-electron chi connectivity index (χ1n) is 9.23. The largest absolute Gasteiger partial charge is 0.355 e. The van der Waals surface area contributed by atoms with Crippen LogP contribution in [0, 0.1) is 23.5 Å². The normalized spacial score (nSPS) is 27.0. The molecule has 1 aromatic carbocycles. The van der Waals surface area contributed by atoms with Gasteiger partial charge in [-0.1, -0.05) is 45.1 Å². The maximum absolute atomic E-state index is 14.1. The van der Waals surface area contributed by atoms with Crippen molar-refractivity contribution in [1.29, 1.82) is 0 Å². The summed E-state index contributed by atoms with van der Waals surface area (Å²) in [5, 5.41) is 3.00. The van der Waals surface area contributed by atoms with Crippen molar-refractivity contribution < 1.29 is 13.6 Å². The standard InChI is InChI=1S/C20H27F2NO/c1-14-12-20(14,17-9-8-16(21)11-18(17)22)13-23-19(24)10-7-15-5-3-2-4-6-15/h8-9,11,14-15H,2-7,10,12-13H2,1H3,(H,23,24). The van der Waals surface area contributed by atoms with Gasteiger partial charge in [-0.05, 0) is 36.3 Å². The number of hydrogen-bond acceptors (Lipinski definition) is 1. The van der Waals surface area contributed by atoms with Crippen LogP contribution in [0.25, 0.3) is 0 Å². The molecule has 132 valence electrons. The Morgan fingerprint density at radius 1 is 1.25 bits per heavy atom. The van der Waals surface area contributed by atoms with Crippen LogP contribution in [-0.4, -0.2) is 12.5 Å². The van der Waals surface area contributed by atoms with E-state index in [-0.39, 0.29) is 11.3 Å². The quantitative estimate of drug-likeness (QED) is 0.801. The summed E-state index contributed by atoms with van der Waals surface area (Å²) in [7, 11) is 0. The Morgan fingerprint density at radius 3 is 2.58 bits per heavy atom. The minimum atomic E-state index is -0.559. The van der Waals surface area contributed by atoms with Crippen molar-refractivity contribution in [1.82, 2.24) is 5.32 Å². The minimum Gasteiger partial charge on any atom is -0.355 e. The molecule has 1 amide bonds. The molecule has 24 heavy (non-hydrogen) atoms. The van der Waals surface area contributed by atoms with Crippen molar-refractivity contribution >= 4 is 5.91 Å². The highest BCUT2D eigenvalue weighted by Gasteiger charge is 2.53. The Labute approximate surface area is 143 Å². The molecule has 0 spiro atoms. The number of carbonyl (C=O) groups is 1. The first-order chi connectivity index (χ1) is 11.5. The Balaban J connectivity index is 1.53. The lowest BCUT2D eigenvalue weighted by Gasteiger charge is -2.22. The number of halogens is 2. The number of hydrogen-bond donors (Lipinski definition) is 1. The topological polar surface area (TPSA) is 29.1 Å². The molecule has 2 nitrogen and oxygen atoms in total. The zero-order chi connectivity index (χ0) is 17.2. The highest BCUT2D eigenvalue weighted by atomic mass is 19.1. The van der Waals surface area contributed by atoms with Crippen LogP contribution in [0.2, 0.25) is 0 Å². The molecule has 0 bridgehead atoms. The van der Waals surface area contributed by atoms with Crippen molar-refractivity contribution in [3.63, 3.8) is 0 Å². The van der Waals surface area contributed by atoms with Crippen molar-refractivity contribution in [3.05, 3.63) is 35.4 Å². The fourth-order valence-corrected chi connectivity index (χ4v) is 4.25. The van der Waals surface area contributed by atoms with Crippen LogP contribution >= 0.6 is 0 Å². The van der Waals surface area contributed by atoms with E-state index in [1.807, 2.05) is 0 Å². The fraction of sp³-hybridized carbons (Fsp3) is 0.650. The summed E-state index contributed by atoms with van der Waals surface area (Å²) >= 11 is 0. The van der Waals surface area contributed by atoms with Crippen LogP contribution in [0.15, 0.2) is 18.2 Å². The van der Waals surface area contributed by atoms with Gasteiger partial charge in [0.05, 0.1) is 0 Å². The predicted octanol–water partition coefficient (Wildman–Crippen LogP) is 4.72. The van der Waals surface area contributed by atoms with E-state index in [1.54, 1.807) is 0 Å². The second-order valence-corrected chi connectivity index (χ2v) is 7.70. The van der Waals surface area contributed by atoms with Gasteiger partial charge in [-0.3, -0.25) is 4.79 Å². The summed E-state index contributed by atoms with van der Waals surface area (Å²) in [4.78, 5) is 12.2. The molecule has 2 atom stereocenters. The maximum Gasteiger partial charge on any atom is 0.220 e. The van der Waals surface area contributed by atoms with E-state index in [9.17, 15) is 13.6 Å². The summed E-state index contributed by atoms with van der Waals surface area (Å²) in [6.45, 7) is 2.50. The monoisotopic (exact) mass is 335 g/mol. The number of carbonyl (C=O) groups excluding carboxylic acids is 1. The lowest BCUT2D eigenvalue weighted by Crippen LogP contribution is -2.34. The molecule has 1 aromatic rings. The number of rotatable bonds is 6. The zero-order valence-corrected chi connectivity index (χ0v) is 14.4. The molecular weight excluding hydrogens is 308 g/mol. The van der Waals surface area contributed by atoms with Gasteiger partial charge in [0, 0.05) is 24.4 Å². The summed E-state index contributed by atoms with van der Waals surface area (Å²) in [5.74, 6) is -0.0162. The van der Waals surface area contributed by atoms with Gasteiger partial charge in [-0.25, -0.2) is 8.78 Å². The molecule has 1 N–H and O–H groups in total. The molecule has 0 saturated heterocycles. The van der Waals surface area contributed by atoms with Crippen LogP contribution in [-0.2, 0) is 10.2 Å². The smallest absolute Gasteiger partial charge is 0.220 e. The number of benzene rings is 1. The van der Waals surface area contributed by atoms with Crippen molar-refractivity contribution in [2.75, 3.05) is 6.54 Å². The van der Waals surface area contributed by atoms with Gasteiger partial charge < -0.3 is 5.32 Å². The van der Waals surface area contributed by atoms with Crippen LogP contribution < -0.4 is 5.32 Å². The molecule has 2 saturated carbocycles. The number of nitrogens with one attached hydrogen (secondary N) is 1. The third-order valence-electron chi connectivity index (χ3n) is 6.03. The molecule has 2 fully saturated rings. The lowest BCUT2D eigenvalue weighted by molar-refractivity contribution is -0.121. The molecule has 0 aromatic heterocycles. The second kappa shape index (κ2) is 7.20. The third-order valence-corrected chi connectivity index (χ3v) is 6.03. The van der Waals surface area contributed by atoms with Gasteiger partial charge >= 0.3 is 0 Å². The van der Waals surface area contributed by atoms with Crippen molar-refractivity contribution in [3.8, 4) is 0 Å². The second-order valence-electron chi connectivity index (χ2n) is 7.70. The van der Waals surface area contributed by atoms with Crippen LogP contribution in [0.4, 0.5) is 8.78 Å². The van der Waals surface area contributed by atoms with E-state index in [2.05, 4.69) is 12.2 Å². The van der Waals surface area contributed by atoms with Gasteiger partial charge in [0.2, 0.25) is 5.91 Å². The van der Waals surface area contributed by atoms with Gasteiger partial charge in [0.1, 0.15) is 11.6 Å². The predicted molar refractivity (Wildman–Crippen MR) is 90.6 cm³/mol. The molecule has 4 heteroatoms. The average Bonchev–Trinajstić information content (AvgIpc) is 3.23. The maximum atomic E-state index is 14.1. The Morgan fingerprint density at radius 2 is 1.96 bits per heavy atom. The van der Waals surface area contributed by atoms with Crippen LogP contribution in [0.3, 0.4) is 0 Å². The van der Waals surface area contributed by atoms with E-state index in [0.717, 1.165) is 18.9 Å². The first kappa shape index (κ1) is 17.4. The van der Waals surface area contributed by atoms with Gasteiger partial charge in [0.25, 0.3) is 0 Å². The molecule has 2 aliphatic rings. The Bertz CT molecular complexity index is 597. The molecule has 2 aliphatic carbocycles. The average molecular weight is 335 g/mol. The van der Waals surface area contributed by atoms with Gasteiger partial charge in [-0.2, -0.15) is 0 Å². The summed E-state index contributed by atoms with van der Waals surface area (Å²) in [5.41, 5.74) is 0.169. The van der Waals surface area contributed by atoms with E-state index >= 15 is 0 Å². The molecule has 0 aliphatic heterocycles. The van der Waals surface area contributed by atoms with Crippen molar-refractivity contribution in [2.45, 2.75) is 63.7 Å². The minimum absolute atomic E-state index is 0.0570. The Kier molecular flexibility index (Phi) is 5.21. The van der Waals surface area contributed by atoms with Crippen LogP contribution in [0.5, 0.6) is 0 Å². The molecule has 2 unspecified atom stereocenters. The van der Waals surface area contributed by atoms with E-state index in [0.29, 0.717) is 30.4 Å². The molecule has 0 heterocycles. The fourth-order valence-electron chi connectivity index (χ4n) is 4.25. The summed E-state index contributed by atoms with van der Waals surface area (Å²) in [6, 6.07) is 3.77. The SMILES string of the molecule is CC1CC1(CNC(=O)CCC1CCCCC1)c1ccc(F)cc1F. The number of amides is 1. The lowest BCUT2D eigenvalue weighted by atomic mass is 9.86. The highest BCUT2D eigenvalue weighted by Crippen LogP contribution is 2.54. The molecule has 3 rings (SSSR count). The molecular formula is C20H27F2NO. The van der Waals surface area contributed by atoms with Crippen molar-refractivity contribution in [2.24, 2.45) is 11.8 Å². The first-order valence-corrected chi connectivity index (χ1v) is 9.23. The van der Waals surface area contributed by atoms with E-state index in [4.69, 9.17) is 0 Å². The van der Waals surface area contributed by atoms with Gasteiger partial charge in [0.15, 0.2) is 0 Å². The molecule has 0 radical (unpaired) electrons. The van der Waals surface area contributed by atoms with E-state index < -0.39 is 11.6 Å². The van der Waals surface area contributed by atoms with Crippen LogP contribution in [0.1, 0.15) is 63.9 Å². The summed E-state index contributed by atoms with van der Waals surface area (Å²) < 4.78 is 27.3. The zero-order valence-electron chi connectivity index (χ0n) is 14.4. The third kappa shape index (κ3) is 3.79. The Hall–Kier alpha value is -1.45. The highest BCUT2D eigenvalue weighted by molar-refractivity contribution is 5.76. The summed E-state index contributed by atoms with van der Waals surface area (Å²) in [6.07, 6.45) is 8.74.